The minimum absolute atomic E-state index is 0.911. The summed E-state index contributed by atoms with van der Waals surface area (Å²) in [7, 11) is 0. The number of hydrogen-bond acceptors (Lipinski definition) is 3. The van der Waals surface area contributed by atoms with Gasteiger partial charge in [0.05, 0.1) is 11.0 Å². The van der Waals surface area contributed by atoms with Crippen molar-refractivity contribution in [2.45, 2.75) is 0 Å². The van der Waals surface area contributed by atoms with Crippen LogP contribution in [0.3, 0.4) is 0 Å². The molecule has 12 aromatic rings. The van der Waals surface area contributed by atoms with Crippen LogP contribution >= 0.6 is 0 Å². The molecule has 0 unspecified atom stereocenters. The van der Waals surface area contributed by atoms with E-state index in [0.29, 0.717) is 0 Å². The normalized spacial score (nSPS) is 11.7. The van der Waals surface area contributed by atoms with Gasteiger partial charge in [-0.2, -0.15) is 0 Å². The minimum Gasteiger partial charge on any atom is -0.456 e. The molecule has 0 atom stereocenters. The Hall–Kier alpha value is -8.08. The summed E-state index contributed by atoms with van der Waals surface area (Å²) in [5.74, 6) is 0. The number of nitrogens with zero attached hydrogens (tertiary/aromatic N) is 3. The minimum atomic E-state index is 0.911. The van der Waals surface area contributed by atoms with Crippen LogP contribution in [0.25, 0.3) is 71.0 Å². The van der Waals surface area contributed by atoms with Gasteiger partial charge in [-0.05, 0) is 131 Å². The Morgan fingerprint density at radius 2 is 0.833 bits per heavy atom. The van der Waals surface area contributed by atoms with Crippen molar-refractivity contribution in [1.29, 1.82) is 0 Å². The van der Waals surface area contributed by atoms with Gasteiger partial charge in [-0.3, -0.25) is 0 Å². The molecule has 0 fully saturated rings. The van der Waals surface area contributed by atoms with E-state index < -0.39 is 0 Å². The molecule has 0 aliphatic heterocycles. The van der Waals surface area contributed by atoms with Crippen molar-refractivity contribution in [2.75, 3.05) is 9.80 Å². The molecule has 0 bridgehead atoms. The molecule has 12 rings (SSSR count). The topological polar surface area (TPSA) is 24.6 Å². The number of aromatic nitrogens is 1. The van der Waals surface area contributed by atoms with Crippen molar-refractivity contribution in [3.05, 3.63) is 224 Å². The highest BCUT2D eigenvalue weighted by Crippen LogP contribution is 2.44. The van der Waals surface area contributed by atoms with Crippen molar-refractivity contribution in [3.63, 3.8) is 0 Å². The molecule has 10 aromatic carbocycles. The van der Waals surface area contributed by atoms with Crippen molar-refractivity contribution in [2.24, 2.45) is 0 Å². The van der Waals surface area contributed by atoms with Gasteiger partial charge in [0.1, 0.15) is 11.2 Å². The van der Waals surface area contributed by atoms with Gasteiger partial charge in [-0.1, -0.05) is 115 Å². The third kappa shape index (κ3) is 5.53. The van der Waals surface area contributed by atoms with Crippen LogP contribution in [0.2, 0.25) is 0 Å². The van der Waals surface area contributed by atoms with Gasteiger partial charge in [0, 0.05) is 61.4 Å². The van der Waals surface area contributed by atoms with E-state index in [0.717, 1.165) is 67.1 Å². The average molecular weight is 768 g/mol. The van der Waals surface area contributed by atoms with Gasteiger partial charge >= 0.3 is 0 Å². The van der Waals surface area contributed by atoms with E-state index in [1.165, 1.54) is 38.0 Å². The quantitative estimate of drug-likeness (QED) is 0.151. The molecule has 60 heavy (non-hydrogen) atoms. The Balaban J connectivity index is 1.07. The average Bonchev–Trinajstić information content (AvgIpc) is 3.84. The van der Waals surface area contributed by atoms with Crippen LogP contribution in [0, 0.1) is 0 Å². The Kier molecular flexibility index (Phi) is 7.82. The number of benzene rings is 10. The zero-order chi connectivity index (χ0) is 39.6. The number of furan rings is 1. The first-order chi connectivity index (χ1) is 29.7. The molecule has 0 radical (unpaired) electrons. The highest BCUT2D eigenvalue weighted by molar-refractivity contribution is 6.17. The molecule has 4 heteroatoms. The molecule has 0 spiro atoms. The van der Waals surface area contributed by atoms with Gasteiger partial charge in [-0.15, -0.1) is 0 Å². The summed E-state index contributed by atoms with van der Waals surface area (Å²) in [5.41, 5.74) is 11.8. The second-order valence-electron chi connectivity index (χ2n) is 15.4. The summed E-state index contributed by atoms with van der Waals surface area (Å²) >= 11 is 0. The van der Waals surface area contributed by atoms with Crippen molar-refractivity contribution >= 4 is 99.4 Å². The molecule has 0 saturated carbocycles. The number of fused-ring (bicyclic) bond motifs is 9. The monoisotopic (exact) mass is 767 g/mol. The van der Waals surface area contributed by atoms with Gasteiger partial charge in [-0.25, -0.2) is 0 Å². The van der Waals surface area contributed by atoms with Gasteiger partial charge in [0.2, 0.25) is 0 Å². The smallest absolute Gasteiger partial charge is 0.136 e. The third-order valence-corrected chi connectivity index (χ3v) is 11.9. The van der Waals surface area contributed by atoms with Crippen LogP contribution in [0.1, 0.15) is 0 Å². The van der Waals surface area contributed by atoms with E-state index in [1.54, 1.807) is 0 Å². The highest BCUT2D eigenvalue weighted by atomic mass is 16.3. The molecule has 282 valence electrons. The predicted octanol–water partition coefficient (Wildman–Crippen LogP) is 15.9. The van der Waals surface area contributed by atoms with Crippen LogP contribution in [0.4, 0.5) is 34.1 Å². The first kappa shape index (κ1) is 34.0. The number of rotatable bonds is 7. The van der Waals surface area contributed by atoms with E-state index >= 15 is 0 Å². The summed E-state index contributed by atoms with van der Waals surface area (Å²) in [4.78, 5) is 4.73. The molecule has 0 amide bonds. The van der Waals surface area contributed by atoms with E-state index in [1.807, 2.05) is 12.1 Å². The molecular weight excluding hydrogens is 731 g/mol. The Bertz CT molecular complexity index is 3510. The van der Waals surface area contributed by atoms with E-state index in [4.69, 9.17) is 4.42 Å². The summed E-state index contributed by atoms with van der Waals surface area (Å²) in [5, 5.41) is 9.44. The first-order valence-corrected chi connectivity index (χ1v) is 20.4. The second kappa shape index (κ2) is 13.8. The predicted molar refractivity (Wildman–Crippen MR) is 252 cm³/mol. The summed E-state index contributed by atoms with van der Waals surface area (Å²) < 4.78 is 8.65. The molecule has 0 aliphatic carbocycles. The van der Waals surface area contributed by atoms with Gasteiger partial charge in [0.25, 0.3) is 0 Å². The lowest BCUT2D eigenvalue weighted by molar-refractivity contribution is 0.669. The van der Waals surface area contributed by atoms with Crippen LogP contribution in [0.15, 0.2) is 229 Å². The lowest BCUT2D eigenvalue weighted by Gasteiger charge is -2.29. The Morgan fingerprint density at radius 3 is 1.58 bits per heavy atom. The first-order valence-electron chi connectivity index (χ1n) is 20.4. The fourth-order valence-electron chi connectivity index (χ4n) is 9.19. The molecule has 0 saturated heterocycles. The highest BCUT2D eigenvalue weighted by Gasteiger charge is 2.20. The van der Waals surface area contributed by atoms with Crippen LogP contribution in [0.5, 0.6) is 0 Å². The molecule has 4 nitrogen and oxygen atoms in total. The van der Waals surface area contributed by atoms with E-state index in [2.05, 4.69) is 227 Å². The van der Waals surface area contributed by atoms with Crippen LogP contribution in [-0.4, -0.2) is 4.57 Å². The summed E-state index contributed by atoms with van der Waals surface area (Å²) in [6, 6.07) is 80.6. The van der Waals surface area contributed by atoms with Crippen LogP contribution < -0.4 is 9.80 Å². The fourth-order valence-corrected chi connectivity index (χ4v) is 9.19. The maximum absolute atomic E-state index is 6.28. The summed E-state index contributed by atoms with van der Waals surface area (Å²) in [6.07, 6.45) is 0. The molecule has 0 aliphatic rings. The lowest BCUT2D eigenvalue weighted by Crippen LogP contribution is -2.13. The lowest BCUT2D eigenvalue weighted by atomic mass is 9.99. The Labute approximate surface area is 347 Å². The Morgan fingerprint density at radius 1 is 0.283 bits per heavy atom. The van der Waals surface area contributed by atoms with Crippen LogP contribution in [-0.2, 0) is 0 Å². The number of para-hydroxylation sites is 5. The maximum Gasteiger partial charge on any atom is 0.136 e. The molecule has 2 heterocycles. The number of anilines is 6. The maximum atomic E-state index is 6.28. The zero-order valence-corrected chi connectivity index (χ0v) is 32.6. The standard InChI is InChI=1S/C56H37N3O/c1-4-15-40(16-5-1)57(41-17-6-2-7-18-41)43-21-14-22-44(35-43)58(46-30-32-54-51(36-46)48-23-10-12-25-53(48)59(54)42-19-8-3-9-20-42)45-29-31-47-38(33-45)27-28-39-34-56-52(37-50(39)47)49-24-11-13-26-55(49)60-56/h1-37H. The fraction of sp³-hybridized carbons (Fsp3) is 0. The van der Waals surface area contributed by atoms with Gasteiger partial charge < -0.3 is 18.8 Å². The van der Waals surface area contributed by atoms with Crippen molar-refractivity contribution < 1.29 is 4.42 Å². The van der Waals surface area contributed by atoms with E-state index in [-0.39, 0.29) is 0 Å². The second-order valence-corrected chi connectivity index (χ2v) is 15.4. The molecular formula is C56H37N3O. The third-order valence-electron chi connectivity index (χ3n) is 11.9. The number of hydrogen-bond donors (Lipinski definition) is 0. The zero-order valence-electron chi connectivity index (χ0n) is 32.6. The largest absolute Gasteiger partial charge is 0.456 e. The molecule has 2 aromatic heterocycles. The molecule has 0 N–H and O–H groups in total. The van der Waals surface area contributed by atoms with Crippen molar-refractivity contribution in [3.8, 4) is 5.69 Å². The summed E-state index contributed by atoms with van der Waals surface area (Å²) in [6.45, 7) is 0. The van der Waals surface area contributed by atoms with E-state index in [9.17, 15) is 0 Å². The van der Waals surface area contributed by atoms with Gasteiger partial charge in [0.15, 0.2) is 0 Å². The van der Waals surface area contributed by atoms with Crippen molar-refractivity contribution in [1.82, 2.24) is 4.57 Å². The SMILES string of the molecule is c1ccc(N(c2ccccc2)c2cccc(N(c3ccc4c(ccc5cc6oc7ccccc7c6cc54)c3)c3ccc4c(c3)c3ccccc3n4-c3ccccc3)c2)cc1.